The minimum atomic E-state index is -0.451. The van der Waals surface area contributed by atoms with E-state index in [9.17, 15) is 9.59 Å². The maximum Gasteiger partial charge on any atom is 0.275 e. The maximum absolute atomic E-state index is 12.7. The van der Waals surface area contributed by atoms with Gasteiger partial charge in [0.05, 0.1) is 28.5 Å². The molecule has 0 radical (unpaired) electrons. The van der Waals surface area contributed by atoms with Crippen LogP contribution in [0, 0.1) is 0 Å². The normalized spacial score (nSPS) is 11.1. The van der Waals surface area contributed by atoms with Gasteiger partial charge in [-0.25, -0.2) is 14.6 Å². The number of carbonyl (C=O) groups excluding carboxylic acids is 1. The zero-order chi connectivity index (χ0) is 18.8. The molecule has 0 fully saturated rings. The van der Waals surface area contributed by atoms with Crippen molar-refractivity contribution in [2.24, 2.45) is 0 Å². The van der Waals surface area contributed by atoms with Crippen molar-refractivity contribution in [1.82, 2.24) is 19.7 Å². The number of carbonyl (C=O) groups is 1. The lowest BCUT2D eigenvalue weighted by Gasteiger charge is -2.13. The number of hydrogen-bond acceptors (Lipinski definition) is 5. The number of nitrogens with one attached hydrogen (secondary N) is 1. The van der Waals surface area contributed by atoms with Crippen molar-refractivity contribution in [3.05, 3.63) is 56.1 Å². The van der Waals surface area contributed by atoms with Gasteiger partial charge in [-0.2, -0.15) is 5.10 Å². The van der Waals surface area contributed by atoms with Crippen LogP contribution in [0.25, 0.3) is 10.8 Å². The quantitative estimate of drug-likeness (QED) is 0.677. The largest absolute Gasteiger partial charge is 0.293 e. The second-order valence-electron chi connectivity index (χ2n) is 5.97. The molecule has 3 aromatic rings. The highest BCUT2D eigenvalue weighted by Crippen LogP contribution is 2.24. The Morgan fingerprint density at radius 2 is 1.96 bits per heavy atom. The number of benzene rings is 1. The van der Waals surface area contributed by atoms with Gasteiger partial charge < -0.3 is 0 Å². The SMILES string of the molecule is CC(C)c1nn(CC(=O)Nc2ncc(Cl)cn2)c(=O)c2ccc(Br)cc12. The molecule has 1 aromatic carbocycles. The van der Waals surface area contributed by atoms with Gasteiger partial charge in [0.1, 0.15) is 6.54 Å². The molecule has 0 saturated carbocycles. The van der Waals surface area contributed by atoms with Gasteiger partial charge in [-0.05, 0) is 24.1 Å². The predicted octanol–water partition coefficient (Wildman–Crippen LogP) is 3.36. The van der Waals surface area contributed by atoms with Gasteiger partial charge in [-0.3, -0.25) is 14.9 Å². The number of amides is 1. The summed E-state index contributed by atoms with van der Waals surface area (Å²) < 4.78 is 2.03. The second-order valence-corrected chi connectivity index (χ2v) is 7.32. The first kappa shape index (κ1) is 18.5. The lowest BCUT2D eigenvalue weighted by Crippen LogP contribution is -2.31. The van der Waals surface area contributed by atoms with Crippen LogP contribution < -0.4 is 10.9 Å². The Bertz CT molecular complexity index is 1030. The fourth-order valence-electron chi connectivity index (χ4n) is 2.49. The van der Waals surface area contributed by atoms with E-state index < -0.39 is 5.91 Å². The van der Waals surface area contributed by atoms with Gasteiger partial charge in [0, 0.05) is 9.86 Å². The molecular weight excluding hydrogens is 422 g/mol. The molecule has 0 aliphatic carbocycles. The molecule has 7 nitrogen and oxygen atoms in total. The van der Waals surface area contributed by atoms with E-state index in [2.05, 4.69) is 36.3 Å². The van der Waals surface area contributed by atoms with Crippen LogP contribution in [0.2, 0.25) is 5.02 Å². The maximum atomic E-state index is 12.7. The molecule has 2 aromatic heterocycles. The number of nitrogens with zero attached hydrogens (tertiary/aromatic N) is 4. The van der Waals surface area contributed by atoms with E-state index in [-0.39, 0.29) is 24.0 Å². The number of rotatable bonds is 4. The monoisotopic (exact) mass is 435 g/mol. The Labute approximate surface area is 162 Å². The van der Waals surface area contributed by atoms with Crippen LogP contribution in [0.5, 0.6) is 0 Å². The fourth-order valence-corrected chi connectivity index (χ4v) is 2.95. The summed E-state index contributed by atoms with van der Waals surface area (Å²) in [6, 6.07) is 5.39. The van der Waals surface area contributed by atoms with Gasteiger partial charge in [-0.1, -0.05) is 41.4 Å². The molecule has 134 valence electrons. The molecule has 0 bridgehead atoms. The van der Waals surface area contributed by atoms with Crippen molar-refractivity contribution in [2.75, 3.05) is 5.32 Å². The minimum Gasteiger partial charge on any atom is -0.293 e. The Balaban J connectivity index is 1.95. The number of aromatic nitrogens is 4. The van der Waals surface area contributed by atoms with Gasteiger partial charge in [0.15, 0.2) is 0 Å². The minimum absolute atomic E-state index is 0.0845. The molecule has 0 spiro atoms. The Kier molecular flexibility index (Phi) is 5.33. The van der Waals surface area contributed by atoms with E-state index in [1.807, 2.05) is 19.9 Å². The van der Waals surface area contributed by atoms with Crippen LogP contribution >= 0.6 is 27.5 Å². The second kappa shape index (κ2) is 7.51. The van der Waals surface area contributed by atoms with E-state index in [1.165, 1.54) is 12.4 Å². The van der Waals surface area contributed by atoms with E-state index in [0.29, 0.717) is 10.4 Å². The van der Waals surface area contributed by atoms with Crippen LogP contribution in [0.4, 0.5) is 5.95 Å². The highest BCUT2D eigenvalue weighted by atomic mass is 79.9. The van der Waals surface area contributed by atoms with Crippen molar-refractivity contribution in [2.45, 2.75) is 26.3 Å². The zero-order valence-corrected chi connectivity index (χ0v) is 16.4. The third-order valence-electron chi connectivity index (χ3n) is 3.66. The van der Waals surface area contributed by atoms with Gasteiger partial charge in [0.2, 0.25) is 11.9 Å². The smallest absolute Gasteiger partial charge is 0.275 e. The molecule has 2 heterocycles. The van der Waals surface area contributed by atoms with E-state index in [1.54, 1.807) is 12.1 Å². The van der Waals surface area contributed by atoms with Crippen molar-refractivity contribution >= 4 is 50.2 Å². The first-order chi connectivity index (χ1) is 12.3. The summed E-state index contributed by atoms with van der Waals surface area (Å²) in [5, 5.41) is 8.58. The lowest BCUT2D eigenvalue weighted by molar-refractivity contribution is -0.117. The summed E-state index contributed by atoms with van der Waals surface area (Å²) in [6.07, 6.45) is 2.75. The zero-order valence-electron chi connectivity index (χ0n) is 14.0. The Hall–Kier alpha value is -2.32. The van der Waals surface area contributed by atoms with Crippen LogP contribution in [0.15, 0.2) is 39.9 Å². The molecule has 9 heteroatoms. The highest BCUT2D eigenvalue weighted by molar-refractivity contribution is 9.10. The van der Waals surface area contributed by atoms with Gasteiger partial charge >= 0.3 is 0 Å². The number of fused-ring (bicyclic) bond motifs is 1. The van der Waals surface area contributed by atoms with Crippen LogP contribution in [0.1, 0.15) is 25.5 Å². The number of anilines is 1. The molecule has 0 aliphatic heterocycles. The van der Waals surface area contributed by atoms with Crippen LogP contribution in [0.3, 0.4) is 0 Å². The molecule has 1 N–H and O–H groups in total. The molecule has 0 saturated heterocycles. The summed E-state index contributed by atoms with van der Waals surface area (Å²) in [4.78, 5) is 32.8. The van der Waals surface area contributed by atoms with Crippen molar-refractivity contribution in [1.29, 1.82) is 0 Å². The summed E-state index contributed by atoms with van der Waals surface area (Å²) in [6.45, 7) is 3.73. The summed E-state index contributed by atoms with van der Waals surface area (Å²) in [5.41, 5.74) is 0.417. The van der Waals surface area contributed by atoms with Crippen molar-refractivity contribution < 1.29 is 4.79 Å². The molecule has 3 rings (SSSR count). The van der Waals surface area contributed by atoms with Gasteiger partial charge in [-0.15, -0.1) is 0 Å². The third kappa shape index (κ3) is 3.91. The average molecular weight is 437 g/mol. The summed E-state index contributed by atoms with van der Waals surface area (Å²) >= 11 is 9.13. The first-order valence-corrected chi connectivity index (χ1v) is 9.00. The van der Waals surface area contributed by atoms with Gasteiger partial charge in [0.25, 0.3) is 5.56 Å². The fraction of sp³-hybridized carbons (Fsp3) is 0.235. The molecule has 0 aliphatic rings. The van der Waals surface area contributed by atoms with Crippen molar-refractivity contribution in [3.63, 3.8) is 0 Å². The van der Waals surface area contributed by atoms with Crippen LogP contribution in [-0.4, -0.2) is 25.7 Å². The number of hydrogen-bond donors (Lipinski definition) is 1. The topological polar surface area (TPSA) is 89.8 Å². The van der Waals surface area contributed by atoms with E-state index >= 15 is 0 Å². The van der Waals surface area contributed by atoms with Crippen molar-refractivity contribution in [3.8, 4) is 0 Å². The molecular formula is C17H15BrClN5O2. The molecule has 26 heavy (non-hydrogen) atoms. The van der Waals surface area contributed by atoms with E-state index in [0.717, 1.165) is 20.2 Å². The van der Waals surface area contributed by atoms with E-state index in [4.69, 9.17) is 11.6 Å². The Morgan fingerprint density at radius 3 is 2.62 bits per heavy atom. The summed E-state index contributed by atoms with van der Waals surface area (Å²) in [5.74, 6) is -0.254. The predicted molar refractivity (Wildman–Crippen MR) is 103 cm³/mol. The lowest BCUT2D eigenvalue weighted by atomic mass is 10.0. The van der Waals surface area contributed by atoms with Crippen LogP contribution in [-0.2, 0) is 11.3 Å². The summed E-state index contributed by atoms with van der Waals surface area (Å²) in [7, 11) is 0. The average Bonchev–Trinajstić information content (AvgIpc) is 2.59. The molecule has 0 atom stereocenters. The molecule has 0 unspecified atom stereocenters. The highest BCUT2D eigenvalue weighted by Gasteiger charge is 2.16. The standard InChI is InChI=1S/C17H15BrClN5O2/c1-9(2)15-13-5-10(18)3-4-12(13)16(26)24(23-15)8-14(25)22-17-20-6-11(19)7-21-17/h3-7,9H,8H2,1-2H3,(H,20,21,22,25). The number of halogens is 2. The molecule has 1 amide bonds. The third-order valence-corrected chi connectivity index (χ3v) is 4.35. The first-order valence-electron chi connectivity index (χ1n) is 7.83. The Morgan fingerprint density at radius 1 is 1.27 bits per heavy atom.